The number of hydrogen-bond acceptors (Lipinski definition) is 3. The van der Waals surface area contributed by atoms with Crippen LogP contribution in [0.3, 0.4) is 0 Å². The molecule has 0 saturated carbocycles. The second-order valence-corrected chi connectivity index (χ2v) is 9.56. The summed E-state index contributed by atoms with van der Waals surface area (Å²) in [6.45, 7) is 4.04. The molecule has 0 N–H and O–H groups in total. The van der Waals surface area contributed by atoms with Gasteiger partial charge in [0.1, 0.15) is 5.82 Å². The Bertz CT molecular complexity index is 915. The molecule has 2 saturated heterocycles. The van der Waals surface area contributed by atoms with Crippen molar-refractivity contribution in [2.24, 2.45) is 0 Å². The highest BCUT2D eigenvalue weighted by Crippen LogP contribution is 2.48. The maximum atomic E-state index is 14.2. The van der Waals surface area contributed by atoms with Gasteiger partial charge in [0.15, 0.2) is 0 Å². The first-order chi connectivity index (χ1) is 15.3. The van der Waals surface area contributed by atoms with Crippen LogP contribution in [0.4, 0.5) is 14.9 Å². The van der Waals surface area contributed by atoms with Gasteiger partial charge in [-0.3, -0.25) is 9.69 Å². The molecular formula is C25H35FN4O2. The Morgan fingerprint density at radius 1 is 1.22 bits per heavy atom. The van der Waals surface area contributed by atoms with Crippen molar-refractivity contribution in [1.29, 1.82) is 0 Å². The van der Waals surface area contributed by atoms with Crippen molar-refractivity contribution in [2.75, 3.05) is 51.7 Å². The summed E-state index contributed by atoms with van der Waals surface area (Å²) >= 11 is 0. The lowest BCUT2D eigenvalue weighted by molar-refractivity contribution is -0.132. The van der Waals surface area contributed by atoms with Gasteiger partial charge in [0, 0.05) is 65.1 Å². The number of piperidine rings is 2. The van der Waals surface area contributed by atoms with Gasteiger partial charge in [0.2, 0.25) is 5.91 Å². The van der Waals surface area contributed by atoms with Crippen molar-refractivity contribution >= 4 is 17.6 Å². The van der Waals surface area contributed by atoms with Crippen LogP contribution in [-0.2, 0) is 10.2 Å². The van der Waals surface area contributed by atoms with Gasteiger partial charge in [-0.25, -0.2) is 9.18 Å². The van der Waals surface area contributed by atoms with E-state index in [1.807, 2.05) is 9.80 Å². The molecule has 32 heavy (non-hydrogen) atoms. The third-order valence-electron chi connectivity index (χ3n) is 7.47. The van der Waals surface area contributed by atoms with Crippen molar-refractivity contribution in [2.45, 2.75) is 50.0 Å². The third-order valence-corrected chi connectivity index (χ3v) is 7.47. The Labute approximate surface area is 191 Å². The summed E-state index contributed by atoms with van der Waals surface area (Å²) in [6, 6.07) is 5.24. The number of hydrogen-bond donors (Lipinski definition) is 0. The van der Waals surface area contributed by atoms with E-state index >= 15 is 0 Å². The Morgan fingerprint density at radius 2 is 1.91 bits per heavy atom. The van der Waals surface area contributed by atoms with Crippen molar-refractivity contribution in [1.82, 2.24) is 14.7 Å². The fourth-order valence-electron chi connectivity index (χ4n) is 5.62. The number of urea groups is 1. The number of benzene rings is 1. The highest BCUT2D eigenvalue weighted by atomic mass is 19.1. The standard InChI is InChI=1S/C25H33FN4O2.H2/c1-4-5-6-23(31)29-13-9-20(10-14-29)28-15-11-25(12-16-28)18-30(24(32)27(2)3)22-8-7-19(26)17-21(22)25;/h1,7-8,17,20H,5-6,9-16,18H2,2-3H3;1H. The van der Waals surface area contributed by atoms with Gasteiger partial charge in [-0.2, -0.15) is 0 Å². The quantitative estimate of drug-likeness (QED) is 0.675. The Balaban J connectivity index is 0.00000306. The number of carbonyl (C=O) groups excluding carboxylic acids is 2. The molecule has 4 rings (SSSR count). The molecule has 3 aliphatic rings. The van der Waals surface area contributed by atoms with Gasteiger partial charge < -0.3 is 14.7 Å². The summed E-state index contributed by atoms with van der Waals surface area (Å²) in [7, 11) is 3.51. The average molecular weight is 443 g/mol. The summed E-state index contributed by atoms with van der Waals surface area (Å²) < 4.78 is 14.2. The molecule has 2 fully saturated rings. The predicted molar refractivity (Wildman–Crippen MR) is 125 cm³/mol. The lowest BCUT2D eigenvalue weighted by atomic mass is 9.74. The molecule has 1 aromatic rings. The number of fused-ring (bicyclic) bond motifs is 2. The Kier molecular flexibility index (Phi) is 6.43. The fraction of sp³-hybridized carbons (Fsp3) is 0.600. The minimum Gasteiger partial charge on any atom is -0.343 e. The highest BCUT2D eigenvalue weighted by Gasteiger charge is 2.47. The molecule has 7 heteroatoms. The second kappa shape index (κ2) is 9.11. The zero-order valence-electron chi connectivity index (χ0n) is 19.1. The maximum Gasteiger partial charge on any atom is 0.323 e. The summed E-state index contributed by atoms with van der Waals surface area (Å²) in [5.41, 5.74) is 1.63. The van der Waals surface area contributed by atoms with Gasteiger partial charge in [0.05, 0.1) is 0 Å². The number of amides is 3. The van der Waals surface area contributed by atoms with Gasteiger partial charge in [0.25, 0.3) is 0 Å². The van der Waals surface area contributed by atoms with E-state index in [0.29, 0.717) is 25.4 Å². The molecule has 0 bridgehead atoms. The first-order valence-corrected chi connectivity index (χ1v) is 11.6. The van der Waals surface area contributed by atoms with Gasteiger partial charge in [-0.1, -0.05) is 0 Å². The van der Waals surface area contributed by atoms with E-state index in [9.17, 15) is 14.0 Å². The molecule has 3 amide bonds. The molecule has 0 aliphatic carbocycles. The van der Waals surface area contributed by atoms with Gasteiger partial charge in [-0.05, 0) is 62.5 Å². The third kappa shape index (κ3) is 4.21. The SMILES string of the molecule is C#CCCC(=O)N1CCC(N2CCC3(CC2)CN(C(=O)N(C)C)c2ccc(F)cc23)CC1.[HH]. The van der Waals surface area contributed by atoms with Crippen LogP contribution in [0, 0.1) is 18.2 Å². The molecule has 3 heterocycles. The molecule has 1 spiro atoms. The van der Waals surface area contributed by atoms with Crippen LogP contribution in [0.5, 0.6) is 0 Å². The summed E-state index contributed by atoms with van der Waals surface area (Å²) in [5.74, 6) is 2.46. The lowest BCUT2D eigenvalue weighted by Gasteiger charge is -2.45. The van der Waals surface area contributed by atoms with Gasteiger partial charge in [-0.15, -0.1) is 12.3 Å². The van der Waals surface area contributed by atoms with Crippen molar-refractivity contribution < 1.29 is 15.4 Å². The lowest BCUT2D eigenvalue weighted by Crippen LogP contribution is -2.52. The van der Waals surface area contributed by atoms with Crippen LogP contribution >= 0.6 is 0 Å². The molecule has 1 aromatic carbocycles. The normalized spacial score (nSPS) is 20.8. The number of halogens is 1. The minimum absolute atomic E-state index is 0. The zero-order valence-corrected chi connectivity index (χ0v) is 19.1. The number of likely N-dealkylation sites (tertiary alicyclic amines) is 2. The first-order valence-electron chi connectivity index (χ1n) is 11.6. The average Bonchev–Trinajstić information content (AvgIpc) is 3.10. The van der Waals surface area contributed by atoms with Gasteiger partial charge >= 0.3 is 6.03 Å². The van der Waals surface area contributed by atoms with Crippen LogP contribution < -0.4 is 4.90 Å². The number of terminal acetylenes is 1. The molecule has 0 atom stereocenters. The Morgan fingerprint density at radius 3 is 2.53 bits per heavy atom. The molecular weight excluding hydrogens is 407 g/mol. The highest BCUT2D eigenvalue weighted by molar-refractivity contribution is 5.95. The van der Waals surface area contributed by atoms with E-state index in [1.165, 1.54) is 6.07 Å². The van der Waals surface area contributed by atoms with E-state index in [2.05, 4.69) is 10.8 Å². The smallest absolute Gasteiger partial charge is 0.323 e. The second-order valence-electron chi connectivity index (χ2n) is 9.56. The van der Waals surface area contributed by atoms with Crippen LogP contribution in [0.1, 0.15) is 45.5 Å². The van der Waals surface area contributed by atoms with Crippen molar-refractivity contribution in [3.05, 3.63) is 29.6 Å². The summed E-state index contributed by atoms with van der Waals surface area (Å²) in [6.07, 6.45) is 9.98. The van der Waals surface area contributed by atoms with Crippen molar-refractivity contribution in [3.63, 3.8) is 0 Å². The molecule has 3 aliphatic heterocycles. The predicted octanol–water partition coefficient (Wildman–Crippen LogP) is 3.31. The van der Waals surface area contributed by atoms with E-state index in [4.69, 9.17) is 6.42 Å². The van der Waals surface area contributed by atoms with Crippen LogP contribution in [-0.4, -0.2) is 79.5 Å². The molecule has 6 nitrogen and oxygen atoms in total. The number of carbonyl (C=O) groups is 2. The summed E-state index contributed by atoms with van der Waals surface area (Å²) in [5, 5.41) is 0. The van der Waals surface area contributed by atoms with Crippen LogP contribution in [0.15, 0.2) is 18.2 Å². The fourth-order valence-corrected chi connectivity index (χ4v) is 5.62. The topological polar surface area (TPSA) is 47.1 Å². The number of anilines is 1. The maximum absolute atomic E-state index is 14.2. The monoisotopic (exact) mass is 442 g/mol. The number of rotatable bonds is 3. The van der Waals surface area contributed by atoms with E-state index in [-0.39, 0.29) is 24.6 Å². The van der Waals surface area contributed by atoms with Crippen LogP contribution in [0.2, 0.25) is 0 Å². The van der Waals surface area contributed by atoms with E-state index in [1.54, 1.807) is 31.1 Å². The zero-order chi connectivity index (χ0) is 22.9. The van der Waals surface area contributed by atoms with Crippen LogP contribution in [0.25, 0.3) is 0 Å². The molecule has 0 unspecified atom stereocenters. The minimum atomic E-state index is -0.244. The molecule has 0 radical (unpaired) electrons. The van der Waals surface area contributed by atoms with E-state index in [0.717, 1.165) is 63.1 Å². The first kappa shape index (κ1) is 22.6. The van der Waals surface area contributed by atoms with Crippen molar-refractivity contribution in [3.8, 4) is 12.3 Å². The molecule has 0 aromatic heterocycles. The largest absolute Gasteiger partial charge is 0.343 e. The summed E-state index contributed by atoms with van der Waals surface area (Å²) in [4.78, 5) is 32.9. The Hall–Kier alpha value is -2.59. The number of nitrogens with zero attached hydrogens (tertiary/aromatic N) is 4. The molecule has 174 valence electrons. The van der Waals surface area contributed by atoms with E-state index < -0.39 is 0 Å².